The highest BCUT2D eigenvalue weighted by atomic mass is 19.4. The van der Waals surface area contributed by atoms with Crippen LogP contribution in [-0.2, 0) is 4.79 Å². The molecule has 0 saturated carbocycles. The van der Waals surface area contributed by atoms with Crippen molar-refractivity contribution in [3.05, 3.63) is 47.1 Å². The number of hydrogen-bond donors (Lipinski definition) is 1. The number of halogens is 3. The molecule has 3 nitrogen and oxygen atoms in total. The predicted octanol–water partition coefficient (Wildman–Crippen LogP) is 3.85. The second-order valence-corrected chi connectivity index (χ2v) is 6.02. The summed E-state index contributed by atoms with van der Waals surface area (Å²) in [5.41, 5.74) is 1.97. The van der Waals surface area contributed by atoms with E-state index >= 15 is 0 Å². The molecule has 0 aromatic carbocycles. The maximum absolute atomic E-state index is 12.7. The van der Waals surface area contributed by atoms with Crippen LogP contribution < -0.4 is 0 Å². The lowest BCUT2D eigenvalue weighted by Gasteiger charge is -2.30. The second kappa shape index (κ2) is 5.83. The number of carboxylic acid groups (broad SMARTS) is 1. The lowest BCUT2D eigenvalue weighted by molar-refractivity contribution is -0.160. The third-order valence-electron chi connectivity index (χ3n) is 4.51. The van der Waals surface area contributed by atoms with Gasteiger partial charge in [0.2, 0.25) is 0 Å². The van der Waals surface area contributed by atoms with Gasteiger partial charge >= 0.3 is 12.1 Å². The predicted molar refractivity (Wildman–Crippen MR) is 80.2 cm³/mol. The lowest BCUT2D eigenvalue weighted by atomic mass is 9.80. The van der Waals surface area contributed by atoms with Crippen molar-refractivity contribution in [3.8, 4) is 0 Å². The van der Waals surface area contributed by atoms with E-state index in [0.29, 0.717) is 12.8 Å². The molecule has 2 aliphatic carbocycles. The summed E-state index contributed by atoms with van der Waals surface area (Å²) in [5, 5.41) is 9.01. The van der Waals surface area contributed by atoms with Gasteiger partial charge in [0, 0.05) is 6.21 Å². The summed E-state index contributed by atoms with van der Waals surface area (Å²) < 4.78 is 38.0. The van der Waals surface area contributed by atoms with E-state index in [0.717, 1.165) is 11.1 Å². The second-order valence-electron chi connectivity index (χ2n) is 6.02. The molecular weight excluding hydrogens is 307 g/mol. The van der Waals surface area contributed by atoms with E-state index in [4.69, 9.17) is 5.11 Å². The molecule has 1 heterocycles. The van der Waals surface area contributed by atoms with Gasteiger partial charge in [0.05, 0.1) is 17.5 Å². The number of carboxylic acids is 1. The van der Waals surface area contributed by atoms with E-state index < -0.39 is 18.1 Å². The first kappa shape index (κ1) is 15.8. The van der Waals surface area contributed by atoms with Gasteiger partial charge < -0.3 is 5.11 Å². The molecule has 3 atom stereocenters. The lowest BCUT2D eigenvalue weighted by Crippen LogP contribution is -2.26. The smallest absolute Gasteiger partial charge is 0.395 e. The van der Waals surface area contributed by atoms with Crippen LogP contribution in [0, 0.1) is 11.8 Å². The Labute approximate surface area is 131 Å². The van der Waals surface area contributed by atoms with E-state index in [2.05, 4.69) is 4.99 Å². The van der Waals surface area contributed by atoms with Crippen LogP contribution in [0.5, 0.6) is 0 Å². The zero-order valence-electron chi connectivity index (χ0n) is 12.3. The van der Waals surface area contributed by atoms with Crippen LogP contribution >= 0.6 is 0 Å². The Morgan fingerprint density at radius 3 is 2.61 bits per heavy atom. The molecule has 0 saturated heterocycles. The Morgan fingerprint density at radius 2 is 2.00 bits per heavy atom. The number of aliphatic carboxylic acids is 1. The van der Waals surface area contributed by atoms with E-state index in [1.54, 1.807) is 24.4 Å². The number of nitrogens with zero attached hydrogens (tertiary/aromatic N) is 1. The van der Waals surface area contributed by atoms with Crippen LogP contribution in [0.15, 0.2) is 52.1 Å². The van der Waals surface area contributed by atoms with E-state index in [1.807, 2.05) is 0 Å². The van der Waals surface area contributed by atoms with Gasteiger partial charge in [0.1, 0.15) is 0 Å². The van der Waals surface area contributed by atoms with E-state index in [-0.39, 0.29) is 24.0 Å². The first-order valence-electron chi connectivity index (χ1n) is 7.48. The zero-order chi connectivity index (χ0) is 16.6. The monoisotopic (exact) mass is 323 g/mol. The average Bonchev–Trinajstić information content (AvgIpc) is 2.53. The van der Waals surface area contributed by atoms with Gasteiger partial charge in [-0.05, 0) is 42.4 Å². The Kier molecular flexibility index (Phi) is 4.00. The van der Waals surface area contributed by atoms with Crippen molar-refractivity contribution < 1.29 is 23.1 Å². The topological polar surface area (TPSA) is 49.7 Å². The molecule has 23 heavy (non-hydrogen) atoms. The summed E-state index contributed by atoms with van der Waals surface area (Å²) in [6, 6.07) is -0.151. The molecule has 3 rings (SSSR count). The zero-order valence-corrected chi connectivity index (χ0v) is 12.3. The molecule has 0 aromatic rings. The SMILES string of the molecule is O=C(O)C1=CCC2C[C@H](C3=CCC(C(F)(F)F)C=C3)N=CC2=C1. The summed E-state index contributed by atoms with van der Waals surface area (Å²) in [7, 11) is 0. The largest absolute Gasteiger partial charge is 0.478 e. The van der Waals surface area contributed by atoms with Crippen LogP contribution in [0.1, 0.15) is 19.3 Å². The minimum Gasteiger partial charge on any atom is -0.478 e. The highest BCUT2D eigenvalue weighted by Crippen LogP contribution is 2.37. The fourth-order valence-corrected chi connectivity index (χ4v) is 3.14. The fraction of sp³-hybridized carbons (Fsp3) is 0.412. The Morgan fingerprint density at radius 1 is 1.22 bits per heavy atom. The van der Waals surface area contributed by atoms with Crippen LogP contribution in [0.25, 0.3) is 0 Å². The van der Waals surface area contributed by atoms with Gasteiger partial charge in [0.15, 0.2) is 0 Å². The quantitative estimate of drug-likeness (QED) is 0.839. The minimum absolute atomic E-state index is 0.0439. The van der Waals surface area contributed by atoms with Crippen LogP contribution in [0.3, 0.4) is 0 Å². The van der Waals surface area contributed by atoms with Gasteiger partial charge in [-0.2, -0.15) is 13.2 Å². The standard InChI is InChI=1S/C17H16F3NO2/c18-17(19,20)14-5-3-10(4-6-14)15-8-11-1-2-12(16(22)23)7-13(11)9-21-15/h2-5,7,9,11,14-15H,1,6,8H2,(H,22,23)/t11?,14?,15-/m1/s1. The molecule has 0 bridgehead atoms. The number of hydrogen-bond acceptors (Lipinski definition) is 2. The van der Waals surface area contributed by atoms with Gasteiger partial charge in [-0.25, -0.2) is 4.79 Å². The van der Waals surface area contributed by atoms with Gasteiger partial charge in [-0.15, -0.1) is 0 Å². The maximum Gasteiger partial charge on any atom is 0.395 e. The number of aliphatic imine (C=N–C) groups is 1. The minimum atomic E-state index is -4.20. The van der Waals surface area contributed by atoms with Crippen LogP contribution in [-0.4, -0.2) is 29.5 Å². The summed E-state index contributed by atoms with van der Waals surface area (Å²) in [5.74, 6) is -2.19. The van der Waals surface area contributed by atoms with Crippen molar-refractivity contribution >= 4 is 12.2 Å². The highest BCUT2D eigenvalue weighted by molar-refractivity contribution is 5.94. The molecular formula is C17H16F3NO2. The molecule has 0 spiro atoms. The summed E-state index contributed by atoms with van der Waals surface area (Å²) in [4.78, 5) is 15.4. The molecule has 122 valence electrons. The highest BCUT2D eigenvalue weighted by Gasteiger charge is 2.38. The first-order chi connectivity index (χ1) is 10.8. The fourth-order valence-electron chi connectivity index (χ4n) is 3.14. The van der Waals surface area contributed by atoms with E-state index in [1.165, 1.54) is 12.2 Å². The molecule has 0 aromatic heterocycles. The number of allylic oxidation sites excluding steroid dienone is 4. The third-order valence-corrected chi connectivity index (χ3v) is 4.51. The van der Waals surface area contributed by atoms with E-state index in [9.17, 15) is 18.0 Å². The maximum atomic E-state index is 12.7. The Hall–Kier alpha value is -2.11. The average molecular weight is 323 g/mol. The molecule has 1 N–H and O–H groups in total. The molecule has 2 unspecified atom stereocenters. The summed E-state index contributed by atoms with van der Waals surface area (Å²) >= 11 is 0. The first-order valence-corrected chi connectivity index (χ1v) is 7.48. The molecule has 0 fully saturated rings. The molecule has 1 aliphatic heterocycles. The number of alkyl halides is 3. The van der Waals surface area contributed by atoms with Crippen molar-refractivity contribution in [1.82, 2.24) is 0 Å². The number of rotatable bonds is 2. The van der Waals surface area contributed by atoms with Gasteiger partial charge in [-0.1, -0.05) is 24.3 Å². The summed E-state index contributed by atoms with van der Waals surface area (Å²) in [6.07, 6.45) is 6.41. The molecule has 0 amide bonds. The van der Waals surface area contributed by atoms with Crippen molar-refractivity contribution in [1.29, 1.82) is 0 Å². The Bertz CT molecular complexity index is 668. The number of carbonyl (C=O) groups is 1. The van der Waals surface area contributed by atoms with Crippen molar-refractivity contribution in [2.24, 2.45) is 16.8 Å². The summed E-state index contributed by atoms with van der Waals surface area (Å²) in [6.45, 7) is 0. The Balaban J connectivity index is 1.71. The van der Waals surface area contributed by atoms with Crippen LogP contribution in [0.2, 0.25) is 0 Å². The molecule has 6 heteroatoms. The van der Waals surface area contributed by atoms with Gasteiger partial charge in [-0.3, -0.25) is 4.99 Å². The van der Waals surface area contributed by atoms with Crippen molar-refractivity contribution in [3.63, 3.8) is 0 Å². The molecule has 3 aliphatic rings. The van der Waals surface area contributed by atoms with Gasteiger partial charge in [0.25, 0.3) is 0 Å². The molecule has 0 radical (unpaired) electrons. The van der Waals surface area contributed by atoms with Crippen molar-refractivity contribution in [2.75, 3.05) is 0 Å². The number of fused-ring (bicyclic) bond motifs is 1. The van der Waals surface area contributed by atoms with Crippen LogP contribution in [0.4, 0.5) is 13.2 Å². The normalized spacial score (nSPS) is 30.2. The third kappa shape index (κ3) is 3.30. The van der Waals surface area contributed by atoms with Crippen molar-refractivity contribution in [2.45, 2.75) is 31.5 Å².